The lowest BCUT2D eigenvalue weighted by atomic mass is 10.1. The molecule has 0 spiro atoms. The Morgan fingerprint density at radius 1 is 1.26 bits per heavy atom. The number of carbonyl (C=O) groups excluding carboxylic acids is 1. The van der Waals surface area contributed by atoms with Crippen LogP contribution in [0.25, 0.3) is 0 Å². The fourth-order valence-corrected chi connectivity index (χ4v) is 2.81. The second-order valence-electron chi connectivity index (χ2n) is 6.48. The van der Waals surface area contributed by atoms with E-state index in [1.165, 1.54) is 6.92 Å². The van der Waals surface area contributed by atoms with E-state index in [9.17, 15) is 9.90 Å². The van der Waals surface area contributed by atoms with E-state index in [-0.39, 0.29) is 12.4 Å². The number of hydrogen-bond donors (Lipinski definition) is 1. The van der Waals surface area contributed by atoms with Gasteiger partial charge in [-0.05, 0) is 32.9 Å². The lowest BCUT2D eigenvalue weighted by molar-refractivity contribution is 0.0400. The Balaban J connectivity index is 1.74. The smallest absolute Gasteiger partial charge is 0.159 e. The molecule has 0 amide bonds. The van der Waals surface area contributed by atoms with Gasteiger partial charge in [-0.25, -0.2) is 0 Å². The Hall–Kier alpha value is -1.43. The topological polar surface area (TPSA) is 53.0 Å². The van der Waals surface area contributed by atoms with Gasteiger partial charge >= 0.3 is 0 Å². The maximum atomic E-state index is 11.4. The van der Waals surface area contributed by atoms with E-state index in [1.807, 2.05) is 0 Å². The molecule has 1 aliphatic heterocycles. The van der Waals surface area contributed by atoms with Crippen molar-refractivity contribution in [2.45, 2.75) is 32.9 Å². The van der Waals surface area contributed by atoms with Gasteiger partial charge in [-0.2, -0.15) is 0 Å². The number of piperazine rings is 1. The minimum absolute atomic E-state index is 0.0130. The molecule has 5 heteroatoms. The summed E-state index contributed by atoms with van der Waals surface area (Å²) in [5, 5.41) is 10.2. The highest BCUT2D eigenvalue weighted by Gasteiger charge is 2.20. The summed E-state index contributed by atoms with van der Waals surface area (Å²) < 4.78 is 5.62. The number of β-amino-alcohol motifs (C(OH)–C–C–N with tert-alkyl or cyclic N) is 1. The summed E-state index contributed by atoms with van der Waals surface area (Å²) in [6, 6.07) is 7.67. The second-order valence-corrected chi connectivity index (χ2v) is 6.48. The van der Waals surface area contributed by atoms with Crippen LogP contribution in [0.5, 0.6) is 5.75 Å². The number of carbonyl (C=O) groups is 1. The van der Waals surface area contributed by atoms with Crippen molar-refractivity contribution in [1.29, 1.82) is 0 Å². The molecule has 1 aliphatic rings. The largest absolute Gasteiger partial charge is 0.491 e. The lowest BCUT2D eigenvalue weighted by Crippen LogP contribution is -2.51. The molecule has 0 aliphatic carbocycles. The van der Waals surface area contributed by atoms with E-state index >= 15 is 0 Å². The van der Waals surface area contributed by atoms with Gasteiger partial charge in [0.15, 0.2) is 5.78 Å². The number of rotatable bonds is 7. The summed E-state index contributed by atoms with van der Waals surface area (Å²) in [6.07, 6.45) is -0.526. The van der Waals surface area contributed by atoms with Crippen molar-refractivity contribution in [2.75, 3.05) is 39.3 Å². The van der Waals surface area contributed by atoms with Gasteiger partial charge in [0.2, 0.25) is 0 Å². The Morgan fingerprint density at radius 3 is 2.57 bits per heavy atom. The van der Waals surface area contributed by atoms with Gasteiger partial charge < -0.3 is 9.84 Å². The van der Waals surface area contributed by atoms with Crippen LogP contribution in [0.2, 0.25) is 0 Å². The zero-order valence-corrected chi connectivity index (χ0v) is 14.4. The number of ether oxygens (including phenoxy) is 1. The third kappa shape index (κ3) is 5.61. The van der Waals surface area contributed by atoms with Gasteiger partial charge in [0.25, 0.3) is 0 Å². The first-order valence-corrected chi connectivity index (χ1v) is 8.34. The van der Waals surface area contributed by atoms with Gasteiger partial charge in [-0.1, -0.05) is 12.1 Å². The number of benzene rings is 1. The van der Waals surface area contributed by atoms with Gasteiger partial charge in [-0.3, -0.25) is 14.6 Å². The Labute approximate surface area is 138 Å². The van der Waals surface area contributed by atoms with E-state index in [0.29, 0.717) is 23.9 Å². The van der Waals surface area contributed by atoms with Crippen molar-refractivity contribution in [3.05, 3.63) is 29.8 Å². The molecule has 1 unspecified atom stereocenters. The fourth-order valence-electron chi connectivity index (χ4n) is 2.81. The van der Waals surface area contributed by atoms with Crippen LogP contribution in [0.4, 0.5) is 0 Å². The third-order valence-electron chi connectivity index (χ3n) is 4.29. The third-order valence-corrected chi connectivity index (χ3v) is 4.29. The Kier molecular flexibility index (Phi) is 6.57. The molecule has 0 saturated carbocycles. The zero-order chi connectivity index (χ0) is 16.8. The van der Waals surface area contributed by atoms with Crippen molar-refractivity contribution in [1.82, 2.24) is 9.80 Å². The first-order chi connectivity index (χ1) is 11.0. The maximum absolute atomic E-state index is 11.4. The van der Waals surface area contributed by atoms with Gasteiger partial charge in [0, 0.05) is 44.3 Å². The van der Waals surface area contributed by atoms with E-state index < -0.39 is 6.10 Å². The fraction of sp³-hybridized carbons (Fsp3) is 0.611. The SMILES string of the molecule is CC(=O)c1cccc(OCC(O)CN2CCN(C(C)C)CC2)c1. The molecule has 1 N–H and O–H groups in total. The Morgan fingerprint density at radius 2 is 1.96 bits per heavy atom. The predicted molar refractivity (Wildman–Crippen MR) is 91.1 cm³/mol. The van der Waals surface area contributed by atoms with Gasteiger partial charge in [0.1, 0.15) is 18.5 Å². The molecule has 23 heavy (non-hydrogen) atoms. The summed E-state index contributed by atoms with van der Waals surface area (Å²) >= 11 is 0. The van der Waals surface area contributed by atoms with Crippen molar-refractivity contribution in [3.63, 3.8) is 0 Å². The standard InChI is InChI=1S/C18H28N2O3/c1-14(2)20-9-7-19(8-10-20)12-17(22)13-23-18-6-4-5-16(11-18)15(3)21/h4-6,11,14,17,22H,7-10,12-13H2,1-3H3. The monoisotopic (exact) mass is 320 g/mol. The minimum atomic E-state index is -0.526. The molecule has 5 nitrogen and oxygen atoms in total. The Bertz CT molecular complexity index is 511. The summed E-state index contributed by atoms with van der Waals surface area (Å²) in [5.74, 6) is 0.639. The summed E-state index contributed by atoms with van der Waals surface area (Å²) in [7, 11) is 0. The molecule has 0 radical (unpaired) electrons. The van der Waals surface area contributed by atoms with Crippen molar-refractivity contribution >= 4 is 5.78 Å². The number of Topliss-reactive ketones (excluding diaryl/α,β-unsaturated/α-hetero) is 1. The number of aliphatic hydroxyl groups excluding tert-OH is 1. The molecule has 1 atom stereocenters. The van der Waals surface area contributed by atoms with Crippen LogP contribution in [0, 0.1) is 0 Å². The van der Waals surface area contributed by atoms with E-state index in [2.05, 4.69) is 23.6 Å². The van der Waals surface area contributed by atoms with Crippen LogP contribution in [0.1, 0.15) is 31.1 Å². The van der Waals surface area contributed by atoms with Crippen LogP contribution in [-0.4, -0.2) is 72.2 Å². The first kappa shape index (κ1) is 17.9. The highest BCUT2D eigenvalue weighted by molar-refractivity contribution is 5.94. The highest BCUT2D eigenvalue weighted by atomic mass is 16.5. The average Bonchev–Trinajstić information content (AvgIpc) is 2.53. The number of aliphatic hydroxyl groups is 1. The average molecular weight is 320 g/mol. The molecule has 1 fully saturated rings. The van der Waals surface area contributed by atoms with E-state index in [0.717, 1.165) is 26.2 Å². The number of ketones is 1. The van der Waals surface area contributed by atoms with Gasteiger partial charge in [-0.15, -0.1) is 0 Å². The molecule has 1 aromatic carbocycles. The normalized spacial score (nSPS) is 18.1. The van der Waals surface area contributed by atoms with Crippen LogP contribution >= 0.6 is 0 Å². The van der Waals surface area contributed by atoms with Crippen LogP contribution < -0.4 is 4.74 Å². The second kappa shape index (κ2) is 8.43. The van der Waals surface area contributed by atoms with Crippen molar-refractivity contribution in [3.8, 4) is 5.75 Å². The molecule has 0 bridgehead atoms. The molecule has 1 heterocycles. The molecule has 1 saturated heterocycles. The molecular weight excluding hydrogens is 292 g/mol. The molecule has 2 rings (SSSR count). The maximum Gasteiger partial charge on any atom is 0.159 e. The lowest BCUT2D eigenvalue weighted by Gasteiger charge is -2.37. The number of nitrogens with zero attached hydrogens (tertiary/aromatic N) is 2. The number of hydrogen-bond acceptors (Lipinski definition) is 5. The highest BCUT2D eigenvalue weighted by Crippen LogP contribution is 2.14. The van der Waals surface area contributed by atoms with Crippen molar-refractivity contribution in [2.24, 2.45) is 0 Å². The van der Waals surface area contributed by atoms with Crippen LogP contribution in [-0.2, 0) is 0 Å². The predicted octanol–water partition coefficient (Wildman–Crippen LogP) is 1.65. The van der Waals surface area contributed by atoms with E-state index in [4.69, 9.17) is 4.74 Å². The minimum Gasteiger partial charge on any atom is -0.491 e. The van der Waals surface area contributed by atoms with Crippen molar-refractivity contribution < 1.29 is 14.6 Å². The van der Waals surface area contributed by atoms with Gasteiger partial charge in [0.05, 0.1) is 0 Å². The van der Waals surface area contributed by atoms with Crippen LogP contribution in [0.3, 0.4) is 0 Å². The molecule has 128 valence electrons. The molecule has 0 aromatic heterocycles. The molecular formula is C18H28N2O3. The molecule has 1 aromatic rings. The first-order valence-electron chi connectivity index (χ1n) is 8.34. The summed E-state index contributed by atoms with van der Waals surface area (Å²) in [5.41, 5.74) is 0.627. The van der Waals surface area contributed by atoms with Crippen LogP contribution in [0.15, 0.2) is 24.3 Å². The zero-order valence-electron chi connectivity index (χ0n) is 14.4. The summed E-state index contributed by atoms with van der Waals surface area (Å²) in [6.45, 7) is 10.9. The quantitative estimate of drug-likeness (QED) is 0.774. The van der Waals surface area contributed by atoms with E-state index in [1.54, 1.807) is 24.3 Å². The summed E-state index contributed by atoms with van der Waals surface area (Å²) in [4.78, 5) is 16.1.